The van der Waals surface area contributed by atoms with Gasteiger partial charge in [0.15, 0.2) is 5.76 Å². The number of hydrogen-bond donors (Lipinski definition) is 0. The average molecular weight is 224 g/mol. The van der Waals surface area contributed by atoms with Crippen LogP contribution >= 0.6 is 0 Å². The highest BCUT2D eigenvalue weighted by Gasteiger charge is 2.13. The Morgan fingerprint density at radius 3 is 2.38 bits per heavy atom. The van der Waals surface area contributed by atoms with E-state index >= 15 is 0 Å². The van der Waals surface area contributed by atoms with Crippen molar-refractivity contribution in [2.75, 3.05) is 27.2 Å². The van der Waals surface area contributed by atoms with Gasteiger partial charge in [0.05, 0.1) is 6.54 Å². The molecule has 0 atom stereocenters. The standard InChI is InChI=1S/C12H20N2O2/c1-5-14(6-2)9-10-7-8-11(16-10)12(15)13(3)4/h7-8H,5-6,9H2,1-4H3. The summed E-state index contributed by atoms with van der Waals surface area (Å²) in [5, 5.41) is 0. The van der Waals surface area contributed by atoms with Gasteiger partial charge in [-0.3, -0.25) is 9.69 Å². The third-order valence-corrected chi connectivity index (χ3v) is 2.55. The molecule has 16 heavy (non-hydrogen) atoms. The topological polar surface area (TPSA) is 36.7 Å². The van der Waals surface area contributed by atoms with Crippen LogP contribution in [0, 0.1) is 0 Å². The lowest BCUT2D eigenvalue weighted by atomic mass is 10.3. The minimum absolute atomic E-state index is 0.0919. The highest BCUT2D eigenvalue weighted by molar-refractivity contribution is 5.91. The fourth-order valence-corrected chi connectivity index (χ4v) is 1.47. The Labute approximate surface area is 96.8 Å². The smallest absolute Gasteiger partial charge is 0.289 e. The van der Waals surface area contributed by atoms with Crippen LogP contribution in [-0.4, -0.2) is 42.9 Å². The molecular weight excluding hydrogens is 204 g/mol. The zero-order chi connectivity index (χ0) is 12.1. The van der Waals surface area contributed by atoms with E-state index in [1.165, 1.54) is 4.90 Å². The Hall–Kier alpha value is -1.29. The lowest BCUT2D eigenvalue weighted by Crippen LogP contribution is -2.22. The van der Waals surface area contributed by atoms with E-state index < -0.39 is 0 Å². The van der Waals surface area contributed by atoms with Crippen LogP contribution in [-0.2, 0) is 6.54 Å². The summed E-state index contributed by atoms with van der Waals surface area (Å²) in [7, 11) is 3.43. The zero-order valence-corrected chi connectivity index (χ0v) is 10.5. The van der Waals surface area contributed by atoms with Crippen molar-refractivity contribution in [1.82, 2.24) is 9.80 Å². The molecule has 0 aliphatic carbocycles. The SMILES string of the molecule is CCN(CC)Cc1ccc(C(=O)N(C)C)o1. The van der Waals surface area contributed by atoms with Crippen molar-refractivity contribution < 1.29 is 9.21 Å². The van der Waals surface area contributed by atoms with Gasteiger partial charge in [0.1, 0.15) is 5.76 Å². The van der Waals surface area contributed by atoms with Crippen LogP contribution in [0.15, 0.2) is 16.5 Å². The van der Waals surface area contributed by atoms with E-state index in [4.69, 9.17) is 4.42 Å². The van der Waals surface area contributed by atoms with Gasteiger partial charge in [0.2, 0.25) is 0 Å². The zero-order valence-electron chi connectivity index (χ0n) is 10.5. The highest BCUT2D eigenvalue weighted by atomic mass is 16.4. The molecular formula is C12H20N2O2. The van der Waals surface area contributed by atoms with Gasteiger partial charge in [0.25, 0.3) is 5.91 Å². The maximum absolute atomic E-state index is 11.6. The molecule has 0 aliphatic heterocycles. The van der Waals surface area contributed by atoms with Crippen molar-refractivity contribution in [2.45, 2.75) is 20.4 Å². The normalized spacial score (nSPS) is 10.8. The maximum atomic E-state index is 11.6. The first-order chi connectivity index (χ1) is 7.58. The largest absolute Gasteiger partial charge is 0.455 e. The Kier molecular flexibility index (Phi) is 4.55. The molecule has 1 rings (SSSR count). The van der Waals surface area contributed by atoms with Crippen molar-refractivity contribution in [3.63, 3.8) is 0 Å². The van der Waals surface area contributed by atoms with Crippen molar-refractivity contribution in [2.24, 2.45) is 0 Å². The molecule has 0 aromatic carbocycles. The molecule has 4 heteroatoms. The Morgan fingerprint density at radius 2 is 1.88 bits per heavy atom. The molecule has 0 N–H and O–H groups in total. The molecule has 0 saturated heterocycles. The van der Waals surface area contributed by atoms with Crippen molar-refractivity contribution in [3.05, 3.63) is 23.7 Å². The fraction of sp³-hybridized carbons (Fsp3) is 0.583. The molecule has 1 aromatic heterocycles. The summed E-state index contributed by atoms with van der Waals surface area (Å²) < 4.78 is 5.51. The summed E-state index contributed by atoms with van der Waals surface area (Å²) in [6.07, 6.45) is 0. The summed E-state index contributed by atoms with van der Waals surface area (Å²) in [6, 6.07) is 3.61. The summed E-state index contributed by atoms with van der Waals surface area (Å²) in [5.74, 6) is 1.16. The van der Waals surface area contributed by atoms with Crippen LogP contribution in [0.2, 0.25) is 0 Å². The Bertz CT molecular complexity index is 341. The molecule has 0 fully saturated rings. The van der Waals surface area contributed by atoms with Crippen LogP contribution in [0.4, 0.5) is 0 Å². The molecule has 4 nitrogen and oxygen atoms in total. The number of hydrogen-bond acceptors (Lipinski definition) is 3. The minimum atomic E-state index is -0.0919. The molecule has 0 saturated carbocycles. The average Bonchev–Trinajstić information content (AvgIpc) is 2.73. The van der Waals surface area contributed by atoms with E-state index in [0.29, 0.717) is 5.76 Å². The lowest BCUT2D eigenvalue weighted by molar-refractivity contribution is 0.0793. The molecule has 0 unspecified atom stereocenters. The number of amides is 1. The second-order valence-corrected chi connectivity index (χ2v) is 3.93. The van der Waals surface area contributed by atoms with E-state index in [1.54, 1.807) is 20.2 Å². The molecule has 0 spiro atoms. The van der Waals surface area contributed by atoms with Crippen LogP contribution in [0.5, 0.6) is 0 Å². The number of carbonyl (C=O) groups excluding carboxylic acids is 1. The van der Waals surface area contributed by atoms with E-state index in [9.17, 15) is 4.79 Å². The Morgan fingerprint density at radius 1 is 1.25 bits per heavy atom. The quantitative estimate of drug-likeness (QED) is 0.765. The molecule has 0 aliphatic rings. The first kappa shape index (κ1) is 12.8. The van der Waals surface area contributed by atoms with Gasteiger partial charge in [-0.05, 0) is 25.2 Å². The second-order valence-electron chi connectivity index (χ2n) is 3.93. The van der Waals surface area contributed by atoms with E-state index in [0.717, 1.165) is 25.4 Å². The number of nitrogens with zero attached hydrogens (tertiary/aromatic N) is 2. The van der Waals surface area contributed by atoms with Crippen LogP contribution in [0.25, 0.3) is 0 Å². The summed E-state index contributed by atoms with van der Waals surface area (Å²) in [6.45, 7) is 6.94. The maximum Gasteiger partial charge on any atom is 0.289 e. The van der Waals surface area contributed by atoms with Crippen LogP contribution in [0.3, 0.4) is 0 Å². The van der Waals surface area contributed by atoms with Gasteiger partial charge in [-0.1, -0.05) is 13.8 Å². The first-order valence-electron chi connectivity index (χ1n) is 5.61. The molecule has 1 amide bonds. The van der Waals surface area contributed by atoms with Crippen molar-refractivity contribution in [3.8, 4) is 0 Å². The Balaban J connectivity index is 2.68. The van der Waals surface area contributed by atoms with E-state index in [-0.39, 0.29) is 5.91 Å². The fourth-order valence-electron chi connectivity index (χ4n) is 1.47. The monoisotopic (exact) mass is 224 g/mol. The highest BCUT2D eigenvalue weighted by Crippen LogP contribution is 2.11. The molecule has 90 valence electrons. The van der Waals surface area contributed by atoms with Crippen molar-refractivity contribution >= 4 is 5.91 Å². The lowest BCUT2D eigenvalue weighted by Gasteiger charge is -2.15. The molecule has 0 bridgehead atoms. The van der Waals surface area contributed by atoms with Gasteiger partial charge in [-0.2, -0.15) is 0 Å². The van der Waals surface area contributed by atoms with Gasteiger partial charge in [-0.15, -0.1) is 0 Å². The predicted octanol–water partition coefficient (Wildman–Crippen LogP) is 1.82. The number of rotatable bonds is 5. The first-order valence-corrected chi connectivity index (χ1v) is 5.61. The van der Waals surface area contributed by atoms with Gasteiger partial charge in [-0.25, -0.2) is 0 Å². The summed E-state index contributed by atoms with van der Waals surface area (Å²) in [4.78, 5) is 15.4. The number of furan rings is 1. The van der Waals surface area contributed by atoms with Crippen LogP contribution < -0.4 is 0 Å². The summed E-state index contributed by atoms with van der Waals surface area (Å²) >= 11 is 0. The third-order valence-electron chi connectivity index (χ3n) is 2.55. The molecule has 1 aromatic rings. The van der Waals surface area contributed by atoms with Gasteiger partial charge in [0, 0.05) is 14.1 Å². The van der Waals surface area contributed by atoms with Gasteiger partial charge < -0.3 is 9.32 Å². The third kappa shape index (κ3) is 3.10. The number of carbonyl (C=O) groups is 1. The molecule has 1 heterocycles. The van der Waals surface area contributed by atoms with E-state index in [1.807, 2.05) is 6.07 Å². The van der Waals surface area contributed by atoms with E-state index in [2.05, 4.69) is 18.7 Å². The minimum Gasteiger partial charge on any atom is -0.455 e. The van der Waals surface area contributed by atoms with Crippen LogP contribution in [0.1, 0.15) is 30.2 Å². The van der Waals surface area contributed by atoms with Gasteiger partial charge >= 0.3 is 0 Å². The summed E-state index contributed by atoms with van der Waals surface area (Å²) in [5.41, 5.74) is 0. The van der Waals surface area contributed by atoms with Crippen molar-refractivity contribution in [1.29, 1.82) is 0 Å². The molecule has 0 radical (unpaired) electrons. The second kappa shape index (κ2) is 5.70. The predicted molar refractivity (Wildman–Crippen MR) is 63.4 cm³/mol.